The molecule has 0 aliphatic carbocycles. The largest absolute Gasteiger partial charge is 0.362 e. The number of likely N-dealkylation sites (tertiary alicyclic amines) is 1. The van der Waals surface area contributed by atoms with Crippen molar-refractivity contribution in [2.75, 3.05) is 26.7 Å². The number of hydrogen-bond donors (Lipinski definition) is 1. The van der Waals surface area contributed by atoms with Crippen molar-refractivity contribution in [2.45, 2.75) is 24.9 Å². The molecule has 2 fully saturated rings. The second-order valence-electron chi connectivity index (χ2n) is 8.60. The molecule has 5 rings (SSSR count). The van der Waals surface area contributed by atoms with Crippen molar-refractivity contribution in [3.8, 4) is 5.69 Å². The van der Waals surface area contributed by atoms with E-state index in [0.717, 1.165) is 43.3 Å². The van der Waals surface area contributed by atoms with Crippen LogP contribution in [0.1, 0.15) is 23.6 Å². The van der Waals surface area contributed by atoms with Crippen molar-refractivity contribution < 1.29 is 4.84 Å². The minimum absolute atomic E-state index is 0.217. The fourth-order valence-corrected chi connectivity index (χ4v) is 5.15. The Kier molecular flexibility index (Phi) is 6.21. The molecule has 1 N–H and O–H groups in total. The highest BCUT2D eigenvalue weighted by Gasteiger charge is 2.43. The molecule has 0 radical (unpaired) electrons. The van der Waals surface area contributed by atoms with E-state index in [4.69, 9.17) is 17.1 Å². The van der Waals surface area contributed by atoms with E-state index in [2.05, 4.69) is 76.8 Å². The lowest BCUT2D eigenvalue weighted by atomic mass is 9.86. The summed E-state index contributed by atoms with van der Waals surface area (Å²) in [5, 5.41) is 6.39. The quantitative estimate of drug-likeness (QED) is 0.603. The molecule has 0 spiro atoms. The summed E-state index contributed by atoms with van der Waals surface area (Å²) < 4.78 is 2.02. The van der Waals surface area contributed by atoms with Crippen LogP contribution >= 0.6 is 12.2 Å². The predicted octanol–water partition coefficient (Wildman–Crippen LogP) is 3.60. The van der Waals surface area contributed by atoms with Crippen LogP contribution in [0.3, 0.4) is 0 Å². The molecule has 7 heteroatoms. The minimum Gasteiger partial charge on any atom is -0.362 e. The first kappa shape index (κ1) is 21.1. The Labute approximate surface area is 194 Å². The fraction of sp³-hybridized carbons (Fsp3) is 0.360. The van der Waals surface area contributed by atoms with Crippen LogP contribution in [0.15, 0.2) is 73.3 Å². The Morgan fingerprint density at radius 3 is 2.72 bits per heavy atom. The zero-order chi connectivity index (χ0) is 21.9. The van der Waals surface area contributed by atoms with Crippen LogP contribution in [0.25, 0.3) is 5.69 Å². The SMILES string of the molecule is CN1OC[C@@H]2CN(C(=S)NCCc3ccccc3)[C@H](c3ccc(-n4ccnc4)cc3)C[C@@H]21. The number of nitrogens with one attached hydrogen (secondary N) is 1. The number of piperidine rings is 1. The van der Waals surface area contributed by atoms with Crippen LogP contribution in [-0.2, 0) is 11.3 Å². The Morgan fingerprint density at radius 1 is 1.16 bits per heavy atom. The van der Waals surface area contributed by atoms with Gasteiger partial charge in [0.2, 0.25) is 0 Å². The Bertz CT molecular complexity index is 1020. The third-order valence-electron chi connectivity index (χ3n) is 6.65. The first-order valence-corrected chi connectivity index (χ1v) is 11.6. The summed E-state index contributed by atoms with van der Waals surface area (Å²) in [5.74, 6) is 0.468. The molecule has 0 saturated carbocycles. The van der Waals surface area contributed by atoms with Gasteiger partial charge in [-0.3, -0.25) is 4.84 Å². The first-order valence-electron chi connectivity index (χ1n) is 11.2. The molecule has 32 heavy (non-hydrogen) atoms. The fourth-order valence-electron chi connectivity index (χ4n) is 4.85. The van der Waals surface area contributed by atoms with Crippen LogP contribution in [0, 0.1) is 5.92 Å². The summed E-state index contributed by atoms with van der Waals surface area (Å²) in [5.41, 5.74) is 3.70. The summed E-state index contributed by atoms with van der Waals surface area (Å²) in [7, 11) is 2.05. The van der Waals surface area contributed by atoms with Gasteiger partial charge in [0.15, 0.2) is 5.11 Å². The molecule has 2 aliphatic heterocycles. The van der Waals surface area contributed by atoms with E-state index in [1.165, 1.54) is 11.1 Å². The lowest BCUT2D eigenvalue weighted by molar-refractivity contribution is -0.113. The van der Waals surface area contributed by atoms with E-state index in [0.29, 0.717) is 12.0 Å². The normalized spacial score (nSPS) is 23.2. The Balaban J connectivity index is 1.32. The van der Waals surface area contributed by atoms with Gasteiger partial charge in [-0.2, -0.15) is 5.06 Å². The average Bonchev–Trinajstić information content (AvgIpc) is 3.49. The van der Waals surface area contributed by atoms with Crippen molar-refractivity contribution in [3.63, 3.8) is 0 Å². The average molecular weight is 448 g/mol. The zero-order valence-corrected chi connectivity index (χ0v) is 19.1. The Morgan fingerprint density at radius 2 is 1.97 bits per heavy atom. The van der Waals surface area contributed by atoms with Crippen molar-refractivity contribution in [1.29, 1.82) is 0 Å². The maximum Gasteiger partial charge on any atom is 0.169 e. The smallest absolute Gasteiger partial charge is 0.169 e. The van der Waals surface area contributed by atoms with Crippen molar-refractivity contribution in [3.05, 3.63) is 84.4 Å². The number of imidazole rings is 1. The molecule has 2 aliphatic rings. The number of rotatable bonds is 5. The van der Waals surface area contributed by atoms with Gasteiger partial charge in [-0.15, -0.1) is 0 Å². The lowest BCUT2D eigenvalue weighted by Crippen LogP contribution is -2.52. The second kappa shape index (κ2) is 9.40. The number of hydrogen-bond acceptors (Lipinski definition) is 4. The van der Waals surface area contributed by atoms with Gasteiger partial charge in [0.25, 0.3) is 0 Å². The van der Waals surface area contributed by atoms with Crippen LogP contribution in [0.2, 0.25) is 0 Å². The number of fused-ring (bicyclic) bond motifs is 1. The molecular weight excluding hydrogens is 418 g/mol. The number of benzene rings is 2. The monoisotopic (exact) mass is 447 g/mol. The van der Waals surface area contributed by atoms with Crippen molar-refractivity contribution in [2.24, 2.45) is 5.92 Å². The highest BCUT2D eigenvalue weighted by atomic mass is 32.1. The van der Waals surface area contributed by atoms with Gasteiger partial charge in [0, 0.05) is 50.2 Å². The highest BCUT2D eigenvalue weighted by molar-refractivity contribution is 7.80. The minimum atomic E-state index is 0.217. The molecule has 166 valence electrons. The number of hydroxylamine groups is 2. The van der Waals surface area contributed by atoms with Crippen LogP contribution in [0.4, 0.5) is 0 Å². The second-order valence-corrected chi connectivity index (χ2v) is 8.99. The molecule has 0 bridgehead atoms. The van der Waals surface area contributed by atoms with Gasteiger partial charge in [-0.05, 0) is 48.3 Å². The van der Waals surface area contributed by atoms with E-state index in [1.54, 1.807) is 6.20 Å². The Hall–Kier alpha value is -2.74. The standard InChI is InChI=1S/C25H29N5OS/c1-28-23-15-24(20-7-9-22(10-8-20)29-14-13-26-18-29)30(16-21(23)17-31-28)25(32)27-12-11-19-5-3-2-4-6-19/h2-10,13-14,18,21,23-24H,11-12,15-17H2,1H3,(H,27,32)/t21-,23-,24-/m0/s1. The summed E-state index contributed by atoms with van der Waals surface area (Å²) in [4.78, 5) is 12.4. The number of aromatic nitrogens is 2. The molecule has 2 saturated heterocycles. The molecule has 0 amide bonds. The molecule has 3 atom stereocenters. The van der Waals surface area contributed by atoms with E-state index in [9.17, 15) is 0 Å². The lowest BCUT2D eigenvalue weighted by Gasteiger charge is -2.43. The third kappa shape index (κ3) is 4.41. The number of thiocarbonyl (C=S) groups is 1. The van der Waals surface area contributed by atoms with Gasteiger partial charge in [-0.1, -0.05) is 42.5 Å². The van der Waals surface area contributed by atoms with Crippen LogP contribution in [0.5, 0.6) is 0 Å². The highest BCUT2D eigenvalue weighted by Crippen LogP contribution is 2.38. The molecule has 3 heterocycles. The van der Waals surface area contributed by atoms with E-state index in [-0.39, 0.29) is 6.04 Å². The predicted molar refractivity (Wildman–Crippen MR) is 129 cm³/mol. The zero-order valence-electron chi connectivity index (χ0n) is 18.3. The topological polar surface area (TPSA) is 45.6 Å². The van der Waals surface area contributed by atoms with Crippen molar-refractivity contribution >= 4 is 17.3 Å². The summed E-state index contributed by atoms with van der Waals surface area (Å²) in [6.45, 7) is 2.49. The van der Waals surface area contributed by atoms with E-state index < -0.39 is 0 Å². The summed E-state index contributed by atoms with van der Waals surface area (Å²) in [6.07, 6.45) is 7.53. The number of nitrogens with zero attached hydrogens (tertiary/aromatic N) is 4. The van der Waals surface area contributed by atoms with Crippen molar-refractivity contribution in [1.82, 2.24) is 24.8 Å². The summed E-state index contributed by atoms with van der Waals surface area (Å²) in [6, 6.07) is 19.9. The molecule has 6 nitrogen and oxygen atoms in total. The first-order chi connectivity index (χ1) is 15.7. The summed E-state index contributed by atoms with van der Waals surface area (Å²) >= 11 is 5.89. The van der Waals surface area contributed by atoms with Gasteiger partial charge >= 0.3 is 0 Å². The maximum absolute atomic E-state index is 5.89. The molecular formula is C25H29N5OS. The van der Waals surface area contributed by atoms with E-state index >= 15 is 0 Å². The maximum atomic E-state index is 5.89. The van der Waals surface area contributed by atoms with Crippen LogP contribution in [-0.4, -0.2) is 57.4 Å². The molecule has 3 aromatic rings. The molecule has 1 aromatic heterocycles. The third-order valence-corrected chi connectivity index (χ3v) is 7.03. The van der Waals surface area contributed by atoms with Crippen LogP contribution < -0.4 is 5.32 Å². The van der Waals surface area contributed by atoms with Gasteiger partial charge in [0.05, 0.1) is 19.0 Å². The molecule has 0 unspecified atom stereocenters. The van der Waals surface area contributed by atoms with Gasteiger partial charge < -0.3 is 14.8 Å². The molecule has 2 aromatic carbocycles. The van der Waals surface area contributed by atoms with Gasteiger partial charge in [-0.25, -0.2) is 4.98 Å². The van der Waals surface area contributed by atoms with E-state index in [1.807, 2.05) is 22.2 Å². The van der Waals surface area contributed by atoms with Gasteiger partial charge in [0.1, 0.15) is 0 Å².